The number of hydrogen-bond donors (Lipinski definition) is 0. The summed E-state index contributed by atoms with van der Waals surface area (Å²) in [7, 11) is 1.68. The van der Waals surface area contributed by atoms with Crippen molar-refractivity contribution < 1.29 is 4.74 Å². The van der Waals surface area contributed by atoms with Crippen LogP contribution in [0.1, 0.15) is 0 Å². The molecule has 78 valence electrons. The van der Waals surface area contributed by atoms with E-state index in [-0.39, 0.29) is 0 Å². The molecule has 0 spiro atoms. The molecule has 0 saturated heterocycles. The summed E-state index contributed by atoms with van der Waals surface area (Å²) in [6.07, 6.45) is 5.18. The minimum absolute atomic E-state index is 0.649. The molecule has 0 aliphatic rings. The van der Waals surface area contributed by atoms with E-state index >= 15 is 0 Å². The third kappa shape index (κ3) is 2.19. The summed E-state index contributed by atoms with van der Waals surface area (Å²) < 4.78 is 6.97. The highest BCUT2D eigenvalue weighted by Crippen LogP contribution is 2.14. The molecule has 0 aliphatic carbocycles. The van der Waals surface area contributed by atoms with Crippen molar-refractivity contribution in [2.45, 2.75) is 6.54 Å². The van der Waals surface area contributed by atoms with E-state index in [4.69, 9.17) is 4.74 Å². The third-order valence-electron chi connectivity index (χ3n) is 2.09. The normalized spacial score (nSPS) is 10.5. The van der Waals surface area contributed by atoms with E-state index in [1.807, 2.05) is 16.7 Å². The van der Waals surface area contributed by atoms with Gasteiger partial charge >= 0.3 is 0 Å². The maximum Gasteiger partial charge on any atom is 0.163 e. The third-order valence-corrected chi connectivity index (χ3v) is 2.09. The molecule has 2 aromatic heterocycles. The van der Waals surface area contributed by atoms with E-state index in [0.717, 1.165) is 17.9 Å². The van der Waals surface area contributed by atoms with Gasteiger partial charge in [-0.2, -0.15) is 0 Å². The minimum atomic E-state index is 0.649. The maximum absolute atomic E-state index is 5.02. The predicted octanol–water partition coefficient (Wildman–Crippen LogP) is 0.986. The van der Waals surface area contributed by atoms with Crippen LogP contribution >= 0.6 is 0 Å². The molecule has 0 N–H and O–H groups in total. The molecule has 0 bridgehead atoms. The Morgan fingerprint density at radius 3 is 2.87 bits per heavy atom. The van der Waals surface area contributed by atoms with Gasteiger partial charge in [-0.3, -0.25) is 4.98 Å². The average molecular weight is 204 g/mol. The summed E-state index contributed by atoms with van der Waals surface area (Å²) >= 11 is 0. The van der Waals surface area contributed by atoms with Crippen molar-refractivity contribution in [3.05, 3.63) is 30.9 Å². The van der Waals surface area contributed by atoms with Crippen LogP contribution in [0.5, 0.6) is 0 Å². The quantitative estimate of drug-likeness (QED) is 0.745. The van der Waals surface area contributed by atoms with Crippen molar-refractivity contribution in [1.82, 2.24) is 19.7 Å². The lowest BCUT2D eigenvalue weighted by Crippen LogP contribution is -2.04. The van der Waals surface area contributed by atoms with Crippen LogP contribution in [0.2, 0.25) is 0 Å². The van der Waals surface area contributed by atoms with Crippen molar-refractivity contribution in [3.63, 3.8) is 0 Å². The predicted molar refractivity (Wildman–Crippen MR) is 55.1 cm³/mol. The van der Waals surface area contributed by atoms with Crippen molar-refractivity contribution in [3.8, 4) is 11.4 Å². The number of hydrogen-bond acceptors (Lipinski definition) is 4. The number of pyridine rings is 1. The lowest BCUT2D eigenvalue weighted by molar-refractivity contribution is 0.187. The van der Waals surface area contributed by atoms with Crippen LogP contribution < -0.4 is 0 Å². The zero-order chi connectivity index (χ0) is 10.5. The molecule has 0 aromatic carbocycles. The smallest absolute Gasteiger partial charge is 0.163 e. The van der Waals surface area contributed by atoms with Crippen LogP contribution in [0.3, 0.4) is 0 Å². The van der Waals surface area contributed by atoms with E-state index in [0.29, 0.717) is 6.61 Å². The average Bonchev–Trinajstić information content (AvgIpc) is 2.75. The molecule has 0 saturated carbocycles. The Labute approximate surface area is 87.7 Å². The zero-order valence-corrected chi connectivity index (χ0v) is 8.50. The Hall–Kier alpha value is -1.75. The van der Waals surface area contributed by atoms with E-state index in [1.54, 1.807) is 25.8 Å². The summed E-state index contributed by atoms with van der Waals surface area (Å²) in [4.78, 5) is 3.96. The first-order chi connectivity index (χ1) is 7.42. The van der Waals surface area contributed by atoms with Crippen LogP contribution in [0.15, 0.2) is 30.9 Å². The van der Waals surface area contributed by atoms with Crippen molar-refractivity contribution in [1.29, 1.82) is 0 Å². The Bertz CT molecular complexity index is 412. The lowest BCUT2D eigenvalue weighted by Gasteiger charge is -2.04. The van der Waals surface area contributed by atoms with E-state index in [1.165, 1.54) is 0 Å². The summed E-state index contributed by atoms with van der Waals surface area (Å²) in [5.41, 5.74) is 1.01. The Balaban J connectivity index is 2.25. The molecular formula is C10H12N4O. The molecule has 0 aliphatic heterocycles. The monoisotopic (exact) mass is 204 g/mol. The fraction of sp³-hybridized carbons (Fsp3) is 0.300. The Morgan fingerprint density at radius 2 is 2.13 bits per heavy atom. The van der Waals surface area contributed by atoms with Crippen molar-refractivity contribution in [2.75, 3.05) is 13.7 Å². The summed E-state index contributed by atoms with van der Waals surface area (Å²) in [5, 5.41) is 7.96. The molecule has 5 heteroatoms. The second kappa shape index (κ2) is 4.65. The molecule has 0 radical (unpaired) electrons. The zero-order valence-electron chi connectivity index (χ0n) is 8.50. The van der Waals surface area contributed by atoms with Gasteiger partial charge in [0.2, 0.25) is 0 Å². The molecule has 5 nitrogen and oxygen atoms in total. The summed E-state index contributed by atoms with van der Waals surface area (Å²) in [6, 6.07) is 3.82. The van der Waals surface area contributed by atoms with Gasteiger partial charge in [-0.1, -0.05) is 0 Å². The molecular weight excluding hydrogens is 192 g/mol. The highest BCUT2D eigenvalue weighted by molar-refractivity contribution is 5.53. The van der Waals surface area contributed by atoms with Gasteiger partial charge in [-0.25, -0.2) is 0 Å². The van der Waals surface area contributed by atoms with Crippen LogP contribution in [-0.2, 0) is 11.3 Å². The number of aromatic nitrogens is 4. The number of nitrogens with zero attached hydrogens (tertiary/aromatic N) is 4. The van der Waals surface area contributed by atoms with Crippen LogP contribution in [0, 0.1) is 0 Å². The molecule has 15 heavy (non-hydrogen) atoms. The van der Waals surface area contributed by atoms with Gasteiger partial charge in [0.15, 0.2) is 5.82 Å². The standard InChI is InChI=1S/C10H12N4O/c1-15-7-6-14-8-12-13-10(14)9-2-4-11-5-3-9/h2-5,8H,6-7H2,1H3. The Kier molecular flexibility index (Phi) is 3.04. The van der Waals surface area contributed by atoms with E-state index in [2.05, 4.69) is 15.2 Å². The fourth-order valence-electron chi connectivity index (χ4n) is 1.33. The van der Waals surface area contributed by atoms with Crippen molar-refractivity contribution >= 4 is 0 Å². The SMILES string of the molecule is COCCn1cnnc1-c1ccncc1. The molecule has 2 rings (SSSR count). The van der Waals surface area contributed by atoms with Gasteiger partial charge < -0.3 is 9.30 Å². The summed E-state index contributed by atoms with van der Waals surface area (Å²) in [6.45, 7) is 1.40. The largest absolute Gasteiger partial charge is 0.383 e. The van der Waals surface area contributed by atoms with Gasteiger partial charge in [0.1, 0.15) is 6.33 Å². The first-order valence-corrected chi connectivity index (χ1v) is 4.69. The molecule has 2 aromatic rings. The molecule has 0 atom stereocenters. The molecule has 0 unspecified atom stereocenters. The van der Waals surface area contributed by atoms with E-state index in [9.17, 15) is 0 Å². The topological polar surface area (TPSA) is 52.8 Å². The Morgan fingerprint density at radius 1 is 1.33 bits per heavy atom. The lowest BCUT2D eigenvalue weighted by atomic mass is 10.2. The fourth-order valence-corrected chi connectivity index (χ4v) is 1.33. The first kappa shape index (κ1) is 9.79. The highest BCUT2D eigenvalue weighted by Gasteiger charge is 2.05. The van der Waals surface area contributed by atoms with Crippen LogP contribution in [0.25, 0.3) is 11.4 Å². The molecule has 0 fully saturated rings. The summed E-state index contributed by atoms with van der Waals surface area (Å²) in [5.74, 6) is 0.842. The number of rotatable bonds is 4. The van der Waals surface area contributed by atoms with Gasteiger partial charge in [-0.05, 0) is 12.1 Å². The van der Waals surface area contributed by atoms with Gasteiger partial charge in [-0.15, -0.1) is 10.2 Å². The molecule has 0 amide bonds. The maximum atomic E-state index is 5.02. The van der Waals surface area contributed by atoms with Crippen molar-refractivity contribution in [2.24, 2.45) is 0 Å². The second-order valence-electron chi connectivity index (χ2n) is 3.08. The van der Waals surface area contributed by atoms with Crippen LogP contribution in [0.4, 0.5) is 0 Å². The number of methoxy groups -OCH3 is 1. The van der Waals surface area contributed by atoms with Crippen LogP contribution in [-0.4, -0.2) is 33.5 Å². The number of ether oxygens (including phenoxy) is 1. The minimum Gasteiger partial charge on any atom is -0.383 e. The first-order valence-electron chi connectivity index (χ1n) is 4.69. The molecule has 2 heterocycles. The van der Waals surface area contributed by atoms with E-state index < -0.39 is 0 Å². The van der Waals surface area contributed by atoms with Gasteiger partial charge in [0, 0.05) is 31.6 Å². The second-order valence-corrected chi connectivity index (χ2v) is 3.08. The van der Waals surface area contributed by atoms with Gasteiger partial charge in [0.05, 0.1) is 6.61 Å². The highest BCUT2D eigenvalue weighted by atomic mass is 16.5. The van der Waals surface area contributed by atoms with Gasteiger partial charge in [0.25, 0.3) is 0 Å².